The zero-order chi connectivity index (χ0) is 7.56. The normalized spacial score (nSPS) is 8.90. The first-order valence-electron chi connectivity index (χ1n) is 2.74. The average Bonchev–Trinajstić information content (AvgIpc) is 1.88. The van der Waals surface area contributed by atoms with E-state index in [2.05, 4.69) is 25.8 Å². The lowest BCUT2D eigenvalue weighted by Gasteiger charge is -1.94. The molecule has 0 spiro atoms. The Morgan fingerprint density at radius 2 is 2.30 bits per heavy atom. The molecule has 1 aromatic rings. The third-order valence-electron chi connectivity index (χ3n) is 1.14. The van der Waals surface area contributed by atoms with Gasteiger partial charge in [0.25, 0.3) is 0 Å². The number of hydrogen-bond donors (Lipinski definition) is 0. The molecule has 2 nitrogen and oxygen atoms in total. The molecular formula is C7H5BrN2. The van der Waals surface area contributed by atoms with E-state index < -0.39 is 0 Å². The fraction of sp³-hybridized carbons (Fsp3) is 0.143. The number of aryl methyl sites for hydroxylation is 1. The van der Waals surface area contributed by atoms with Gasteiger partial charge in [0.1, 0.15) is 4.60 Å². The van der Waals surface area contributed by atoms with E-state index in [9.17, 15) is 0 Å². The van der Waals surface area contributed by atoms with Gasteiger partial charge in [-0.3, -0.25) is 4.98 Å². The predicted molar refractivity (Wildman–Crippen MR) is 42.9 cm³/mol. The first-order valence-corrected chi connectivity index (χ1v) is 3.54. The maximum Gasteiger partial charge on any atom is 0.208 e. The fourth-order valence-electron chi connectivity index (χ4n) is 0.641. The van der Waals surface area contributed by atoms with Gasteiger partial charge in [-0.25, -0.2) is 4.85 Å². The van der Waals surface area contributed by atoms with Crippen molar-refractivity contribution < 1.29 is 0 Å². The average molecular weight is 197 g/mol. The monoisotopic (exact) mass is 196 g/mol. The van der Waals surface area contributed by atoms with Crippen molar-refractivity contribution in [1.29, 1.82) is 0 Å². The minimum absolute atomic E-state index is 0.614. The Kier molecular flexibility index (Phi) is 2.03. The smallest absolute Gasteiger partial charge is 0.208 e. The molecule has 0 amide bonds. The molecule has 0 unspecified atom stereocenters. The highest BCUT2D eigenvalue weighted by molar-refractivity contribution is 9.10. The third-order valence-corrected chi connectivity index (χ3v) is 1.59. The molecule has 0 bridgehead atoms. The third kappa shape index (κ3) is 1.34. The van der Waals surface area contributed by atoms with E-state index in [4.69, 9.17) is 6.57 Å². The topological polar surface area (TPSA) is 17.2 Å². The Morgan fingerprint density at radius 3 is 2.80 bits per heavy atom. The molecule has 0 N–H and O–H groups in total. The predicted octanol–water partition coefficient (Wildman–Crippen LogP) is 2.70. The lowest BCUT2D eigenvalue weighted by atomic mass is 10.3. The molecule has 0 aliphatic carbocycles. The van der Waals surface area contributed by atoms with Crippen molar-refractivity contribution in [3.05, 3.63) is 33.8 Å². The summed E-state index contributed by atoms with van der Waals surface area (Å²) in [6.45, 7) is 8.54. The van der Waals surface area contributed by atoms with Gasteiger partial charge in [-0.1, -0.05) is 6.07 Å². The number of rotatable bonds is 0. The summed E-state index contributed by atoms with van der Waals surface area (Å²) in [5.41, 5.74) is 1.38. The van der Waals surface area contributed by atoms with Crippen LogP contribution < -0.4 is 0 Å². The van der Waals surface area contributed by atoms with Gasteiger partial charge in [0.2, 0.25) is 5.69 Å². The van der Waals surface area contributed by atoms with Crippen molar-refractivity contribution in [2.75, 3.05) is 0 Å². The second-order valence-electron chi connectivity index (χ2n) is 1.85. The molecule has 1 heterocycles. The van der Waals surface area contributed by atoms with E-state index in [1.807, 2.05) is 6.92 Å². The van der Waals surface area contributed by atoms with Crippen LogP contribution in [0.4, 0.5) is 5.69 Å². The van der Waals surface area contributed by atoms with Crippen molar-refractivity contribution in [2.24, 2.45) is 0 Å². The Labute approximate surface area is 67.9 Å². The largest absolute Gasteiger partial charge is 0.258 e. The van der Waals surface area contributed by atoms with E-state index in [-0.39, 0.29) is 0 Å². The summed E-state index contributed by atoms with van der Waals surface area (Å²) in [4.78, 5) is 7.33. The molecule has 0 fully saturated rings. The molecule has 50 valence electrons. The molecule has 0 aromatic carbocycles. The van der Waals surface area contributed by atoms with Crippen molar-refractivity contribution in [3.8, 4) is 0 Å². The van der Waals surface area contributed by atoms with Crippen LogP contribution in [0.15, 0.2) is 16.7 Å². The summed E-state index contributed by atoms with van der Waals surface area (Å²) in [6.07, 6.45) is 0. The highest BCUT2D eigenvalue weighted by Crippen LogP contribution is 2.18. The van der Waals surface area contributed by atoms with Gasteiger partial charge in [0, 0.05) is 5.69 Å². The second kappa shape index (κ2) is 2.80. The van der Waals surface area contributed by atoms with Gasteiger partial charge < -0.3 is 0 Å². The van der Waals surface area contributed by atoms with Crippen molar-refractivity contribution in [3.63, 3.8) is 0 Å². The number of halogens is 1. The highest BCUT2D eigenvalue weighted by Gasteiger charge is 1.96. The van der Waals surface area contributed by atoms with Crippen molar-refractivity contribution in [2.45, 2.75) is 6.92 Å². The van der Waals surface area contributed by atoms with E-state index in [1.165, 1.54) is 0 Å². The van der Waals surface area contributed by atoms with Gasteiger partial charge in [-0.15, -0.1) is 0 Å². The molecule has 1 aromatic heterocycles. The molecular weight excluding hydrogens is 192 g/mol. The number of hydrogen-bond acceptors (Lipinski definition) is 1. The van der Waals surface area contributed by atoms with Gasteiger partial charge in [0.05, 0.1) is 6.57 Å². The fourth-order valence-corrected chi connectivity index (χ4v) is 1.04. The van der Waals surface area contributed by atoms with Gasteiger partial charge in [-0.05, 0) is 28.9 Å². The van der Waals surface area contributed by atoms with Crippen LogP contribution in [0.5, 0.6) is 0 Å². The standard InChI is InChI=1S/C7H5BrN2/c1-5-6(9-2)3-4-7(8)10-5/h3-4H,1H3. The molecule has 0 atom stereocenters. The van der Waals surface area contributed by atoms with Crippen LogP contribution >= 0.6 is 15.9 Å². The van der Waals surface area contributed by atoms with Crippen LogP contribution in [0.1, 0.15) is 5.69 Å². The van der Waals surface area contributed by atoms with Crippen LogP contribution in [-0.2, 0) is 0 Å². The quantitative estimate of drug-likeness (QED) is 0.461. The lowest BCUT2D eigenvalue weighted by Crippen LogP contribution is -1.79. The van der Waals surface area contributed by atoms with Crippen LogP contribution in [0.2, 0.25) is 0 Å². The highest BCUT2D eigenvalue weighted by atomic mass is 79.9. The van der Waals surface area contributed by atoms with Crippen molar-refractivity contribution in [1.82, 2.24) is 4.98 Å². The number of pyridine rings is 1. The molecule has 0 aliphatic heterocycles. The van der Waals surface area contributed by atoms with Gasteiger partial charge in [-0.2, -0.15) is 0 Å². The maximum absolute atomic E-state index is 6.72. The van der Waals surface area contributed by atoms with E-state index >= 15 is 0 Å². The molecule has 0 radical (unpaired) electrons. The molecule has 3 heteroatoms. The first kappa shape index (κ1) is 7.23. The Balaban J connectivity index is 3.23. The second-order valence-corrected chi connectivity index (χ2v) is 2.66. The Hall–Kier alpha value is -0.880. The molecule has 0 aliphatic rings. The summed E-state index contributed by atoms with van der Waals surface area (Å²) < 4.78 is 0.775. The maximum atomic E-state index is 6.72. The number of aromatic nitrogens is 1. The van der Waals surface area contributed by atoms with Crippen LogP contribution in [0.25, 0.3) is 4.85 Å². The van der Waals surface area contributed by atoms with Crippen LogP contribution in [0, 0.1) is 13.5 Å². The Bertz CT molecular complexity index is 288. The van der Waals surface area contributed by atoms with Crippen LogP contribution in [-0.4, -0.2) is 4.98 Å². The minimum Gasteiger partial charge on any atom is -0.258 e. The summed E-state index contributed by atoms with van der Waals surface area (Å²) in [5, 5.41) is 0. The summed E-state index contributed by atoms with van der Waals surface area (Å²) >= 11 is 3.21. The molecule has 1 rings (SSSR count). The van der Waals surface area contributed by atoms with E-state index in [0.29, 0.717) is 5.69 Å². The van der Waals surface area contributed by atoms with Crippen LogP contribution in [0.3, 0.4) is 0 Å². The summed E-state index contributed by atoms with van der Waals surface area (Å²) in [5.74, 6) is 0. The van der Waals surface area contributed by atoms with E-state index in [1.54, 1.807) is 12.1 Å². The molecule has 0 saturated carbocycles. The minimum atomic E-state index is 0.614. The van der Waals surface area contributed by atoms with Gasteiger partial charge in [0.15, 0.2) is 0 Å². The lowest BCUT2D eigenvalue weighted by molar-refractivity contribution is 1.18. The summed E-state index contributed by atoms with van der Waals surface area (Å²) in [6, 6.07) is 3.51. The molecule has 0 saturated heterocycles. The first-order chi connectivity index (χ1) is 4.74. The SMILES string of the molecule is [C-]#[N+]c1ccc(Br)nc1C. The van der Waals surface area contributed by atoms with Crippen molar-refractivity contribution >= 4 is 21.6 Å². The molecule has 10 heavy (non-hydrogen) atoms. The zero-order valence-corrected chi connectivity index (χ0v) is 7.01. The summed E-state index contributed by atoms with van der Waals surface area (Å²) in [7, 11) is 0. The van der Waals surface area contributed by atoms with Gasteiger partial charge >= 0.3 is 0 Å². The zero-order valence-electron chi connectivity index (χ0n) is 5.43. The van der Waals surface area contributed by atoms with E-state index in [0.717, 1.165) is 10.3 Å². The number of nitrogens with zero attached hydrogens (tertiary/aromatic N) is 2. The Morgan fingerprint density at radius 1 is 1.60 bits per heavy atom.